The molecule has 2 aromatic rings. The Hall–Kier alpha value is -2.05. The lowest BCUT2D eigenvalue weighted by molar-refractivity contribution is -0.121. The zero-order chi connectivity index (χ0) is 20.9. The lowest BCUT2D eigenvalue weighted by Crippen LogP contribution is -2.48. The van der Waals surface area contributed by atoms with Crippen LogP contribution in [0.5, 0.6) is 0 Å². The van der Waals surface area contributed by atoms with Gasteiger partial charge < -0.3 is 5.32 Å². The second-order valence-electron chi connectivity index (χ2n) is 7.01. The number of halogens is 1. The molecule has 0 fully saturated rings. The molecule has 0 radical (unpaired) electrons. The molecule has 0 saturated heterocycles. The van der Waals surface area contributed by atoms with Crippen molar-refractivity contribution in [3.05, 3.63) is 64.2 Å². The number of nitrogens with one attached hydrogen (secondary N) is 1. The van der Waals surface area contributed by atoms with Crippen LogP contribution in [0.25, 0.3) is 0 Å². The largest absolute Gasteiger partial charge is 0.354 e. The van der Waals surface area contributed by atoms with Gasteiger partial charge in [-0.25, -0.2) is 8.42 Å². The van der Waals surface area contributed by atoms with Gasteiger partial charge >= 0.3 is 0 Å². The van der Waals surface area contributed by atoms with Crippen molar-refractivity contribution in [2.24, 2.45) is 0 Å². The van der Waals surface area contributed by atoms with Crippen molar-refractivity contribution < 1.29 is 13.2 Å². The van der Waals surface area contributed by atoms with Crippen LogP contribution in [0.3, 0.4) is 0 Å². The molecule has 1 unspecified atom stereocenters. The van der Waals surface area contributed by atoms with Crippen LogP contribution in [0.1, 0.15) is 30.0 Å². The summed E-state index contributed by atoms with van der Waals surface area (Å²) in [4.78, 5) is 12.6. The number of benzene rings is 2. The molecule has 0 aliphatic heterocycles. The van der Waals surface area contributed by atoms with Crippen LogP contribution in [0, 0.1) is 13.8 Å². The van der Waals surface area contributed by atoms with E-state index in [-0.39, 0.29) is 5.91 Å². The summed E-state index contributed by atoms with van der Waals surface area (Å²) in [6.45, 7) is 5.77. The predicted octanol–water partition coefficient (Wildman–Crippen LogP) is 3.86. The Labute approximate surface area is 172 Å². The molecule has 5 nitrogen and oxygen atoms in total. The molecule has 1 amide bonds. The summed E-state index contributed by atoms with van der Waals surface area (Å²) in [6, 6.07) is 12.3. The molecule has 0 heterocycles. The van der Waals surface area contributed by atoms with Crippen molar-refractivity contribution in [1.82, 2.24) is 5.32 Å². The second-order valence-corrected chi connectivity index (χ2v) is 9.28. The van der Waals surface area contributed by atoms with E-state index in [9.17, 15) is 13.2 Å². The van der Waals surface area contributed by atoms with Crippen LogP contribution in [-0.2, 0) is 21.2 Å². The number of amides is 1. The molecule has 2 rings (SSSR count). The number of aryl methyl sites for hydroxylation is 3. The summed E-state index contributed by atoms with van der Waals surface area (Å²) in [5.74, 6) is -0.328. The number of rotatable bonds is 8. The highest BCUT2D eigenvalue weighted by Crippen LogP contribution is 2.26. The minimum Gasteiger partial charge on any atom is -0.354 e. The van der Waals surface area contributed by atoms with E-state index in [1.165, 1.54) is 4.31 Å². The number of sulfonamides is 1. The summed E-state index contributed by atoms with van der Waals surface area (Å²) < 4.78 is 26.0. The summed E-state index contributed by atoms with van der Waals surface area (Å²) in [6.07, 6.45) is 2.57. The number of anilines is 1. The molecule has 2 aromatic carbocycles. The summed E-state index contributed by atoms with van der Waals surface area (Å²) >= 11 is 6.14. The molecule has 0 aliphatic carbocycles. The van der Waals surface area contributed by atoms with Gasteiger partial charge in [0.1, 0.15) is 6.04 Å². The fourth-order valence-electron chi connectivity index (χ4n) is 3.08. The van der Waals surface area contributed by atoms with E-state index in [0.29, 0.717) is 23.7 Å². The van der Waals surface area contributed by atoms with Crippen LogP contribution in [0.2, 0.25) is 5.02 Å². The van der Waals surface area contributed by atoms with E-state index in [4.69, 9.17) is 11.6 Å². The van der Waals surface area contributed by atoms with Gasteiger partial charge in [-0.2, -0.15) is 0 Å². The van der Waals surface area contributed by atoms with E-state index < -0.39 is 16.1 Å². The van der Waals surface area contributed by atoms with Gasteiger partial charge in [0.25, 0.3) is 0 Å². The Morgan fingerprint density at radius 1 is 1.18 bits per heavy atom. The number of nitrogens with zero attached hydrogens (tertiary/aromatic N) is 1. The van der Waals surface area contributed by atoms with E-state index in [0.717, 1.165) is 29.4 Å². The molecule has 1 atom stereocenters. The third kappa shape index (κ3) is 5.72. The van der Waals surface area contributed by atoms with Crippen LogP contribution < -0.4 is 9.62 Å². The van der Waals surface area contributed by atoms with Crippen LogP contribution in [0.4, 0.5) is 5.69 Å². The third-order valence-corrected chi connectivity index (χ3v) is 6.17. The van der Waals surface area contributed by atoms with Crippen molar-refractivity contribution >= 4 is 33.2 Å². The zero-order valence-electron chi connectivity index (χ0n) is 16.7. The minimum absolute atomic E-state index is 0.328. The molecule has 0 spiro atoms. The summed E-state index contributed by atoms with van der Waals surface area (Å²) in [7, 11) is -3.63. The maximum atomic E-state index is 12.6. The molecule has 0 aromatic heterocycles. The number of carbonyl (C=O) groups excluding carboxylic acids is 1. The smallest absolute Gasteiger partial charge is 0.243 e. The summed E-state index contributed by atoms with van der Waals surface area (Å²) in [5.41, 5.74) is 3.29. The molecule has 7 heteroatoms. The second kappa shape index (κ2) is 9.43. The Balaban J connectivity index is 2.06. The Bertz CT molecular complexity index is 944. The topological polar surface area (TPSA) is 66.5 Å². The Morgan fingerprint density at radius 2 is 1.86 bits per heavy atom. The molecular formula is C21H27ClN2O3S. The van der Waals surface area contributed by atoms with Crippen molar-refractivity contribution in [1.29, 1.82) is 0 Å². The first kappa shape index (κ1) is 22.2. The first-order valence-corrected chi connectivity index (χ1v) is 11.4. The fourth-order valence-corrected chi connectivity index (χ4v) is 4.53. The number of hydrogen-bond acceptors (Lipinski definition) is 3. The van der Waals surface area contributed by atoms with Gasteiger partial charge in [0.05, 0.1) is 11.9 Å². The van der Waals surface area contributed by atoms with Crippen LogP contribution in [0.15, 0.2) is 42.5 Å². The Kier molecular flexibility index (Phi) is 7.49. The SMILES string of the molecule is Cc1ccc(C)c(N(C(C)C(=O)NCCCc2ccccc2Cl)S(C)(=O)=O)c1. The van der Waals surface area contributed by atoms with Crippen LogP contribution >= 0.6 is 11.6 Å². The molecular weight excluding hydrogens is 396 g/mol. The maximum Gasteiger partial charge on any atom is 0.243 e. The third-order valence-electron chi connectivity index (χ3n) is 4.57. The monoisotopic (exact) mass is 422 g/mol. The normalized spacial score (nSPS) is 12.5. The predicted molar refractivity (Wildman–Crippen MR) is 115 cm³/mol. The van der Waals surface area contributed by atoms with Gasteiger partial charge in [-0.1, -0.05) is 41.9 Å². The van der Waals surface area contributed by atoms with Gasteiger partial charge in [-0.05, 0) is 62.4 Å². The molecule has 28 heavy (non-hydrogen) atoms. The highest BCUT2D eigenvalue weighted by Gasteiger charge is 2.30. The standard InChI is InChI=1S/C21H27ClN2O3S/c1-15-11-12-16(2)20(14-15)24(28(4,26)27)17(3)21(25)23-13-7-9-18-8-5-6-10-19(18)22/h5-6,8,10-12,14,17H,7,9,13H2,1-4H3,(H,23,25). The molecule has 0 saturated carbocycles. The van der Waals surface area contributed by atoms with Gasteiger partial charge in [0, 0.05) is 11.6 Å². The molecule has 152 valence electrons. The van der Waals surface area contributed by atoms with Gasteiger partial charge in [-0.3, -0.25) is 9.10 Å². The van der Waals surface area contributed by atoms with Gasteiger partial charge in [0.15, 0.2) is 0 Å². The number of carbonyl (C=O) groups is 1. The lowest BCUT2D eigenvalue weighted by atomic mass is 10.1. The first-order valence-electron chi connectivity index (χ1n) is 9.19. The van der Waals surface area contributed by atoms with E-state index in [1.54, 1.807) is 13.0 Å². The molecule has 0 bridgehead atoms. The van der Waals surface area contributed by atoms with Gasteiger partial charge in [0.2, 0.25) is 15.9 Å². The highest BCUT2D eigenvalue weighted by molar-refractivity contribution is 7.92. The first-order chi connectivity index (χ1) is 13.1. The van der Waals surface area contributed by atoms with E-state index in [1.807, 2.05) is 50.2 Å². The molecule has 0 aliphatic rings. The minimum atomic E-state index is -3.63. The van der Waals surface area contributed by atoms with Gasteiger partial charge in [-0.15, -0.1) is 0 Å². The summed E-state index contributed by atoms with van der Waals surface area (Å²) in [5, 5.41) is 3.55. The molecule has 1 N–H and O–H groups in total. The van der Waals surface area contributed by atoms with E-state index >= 15 is 0 Å². The fraction of sp³-hybridized carbons (Fsp3) is 0.381. The lowest BCUT2D eigenvalue weighted by Gasteiger charge is -2.29. The van der Waals surface area contributed by atoms with Crippen molar-refractivity contribution in [2.75, 3.05) is 17.1 Å². The van der Waals surface area contributed by atoms with Crippen molar-refractivity contribution in [2.45, 2.75) is 39.7 Å². The van der Waals surface area contributed by atoms with E-state index in [2.05, 4.69) is 5.32 Å². The maximum absolute atomic E-state index is 12.6. The van der Waals surface area contributed by atoms with Crippen molar-refractivity contribution in [3.8, 4) is 0 Å². The average molecular weight is 423 g/mol. The zero-order valence-corrected chi connectivity index (χ0v) is 18.3. The Morgan fingerprint density at radius 3 is 2.50 bits per heavy atom. The van der Waals surface area contributed by atoms with Crippen molar-refractivity contribution in [3.63, 3.8) is 0 Å². The highest BCUT2D eigenvalue weighted by atomic mass is 35.5. The quantitative estimate of drug-likeness (QED) is 0.657. The average Bonchev–Trinajstić information content (AvgIpc) is 2.61. The van der Waals surface area contributed by atoms with Crippen LogP contribution in [-0.4, -0.2) is 33.2 Å². The number of hydrogen-bond donors (Lipinski definition) is 1.